The zero-order valence-electron chi connectivity index (χ0n) is 18.5. The highest BCUT2D eigenvalue weighted by molar-refractivity contribution is 14.2. The van der Waals surface area contributed by atoms with E-state index in [1.165, 1.54) is 51.4 Å². The average Bonchev–Trinajstić information content (AvgIpc) is 2.77. The summed E-state index contributed by atoms with van der Waals surface area (Å²) in [5.74, 6) is 4.12. The van der Waals surface area contributed by atoms with Gasteiger partial charge in [0.2, 0.25) is 0 Å². The molecule has 2 saturated carbocycles. The molecule has 2 fully saturated rings. The van der Waals surface area contributed by atoms with Gasteiger partial charge >= 0.3 is 0 Å². The molecule has 0 saturated heterocycles. The lowest BCUT2D eigenvalue weighted by molar-refractivity contribution is 0.166. The van der Waals surface area contributed by atoms with Gasteiger partial charge in [0.05, 0.1) is 5.69 Å². The van der Waals surface area contributed by atoms with Crippen LogP contribution >= 0.6 is 21.1 Å². The van der Waals surface area contributed by atoms with E-state index in [0.717, 1.165) is 29.0 Å². The molecule has 2 aliphatic carbocycles. The molecule has 0 heterocycles. The fraction of sp³-hybridized carbons (Fsp3) is 0.538. The Bertz CT molecular complexity index is 782. The van der Waals surface area contributed by atoms with E-state index in [0.29, 0.717) is 17.4 Å². The van der Waals surface area contributed by atoms with Crippen molar-refractivity contribution < 1.29 is 3.07 Å². The summed E-state index contributed by atoms with van der Waals surface area (Å²) in [5.41, 5.74) is 8.82. The van der Waals surface area contributed by atoms with Crippen molar-refractivity contribution in [2.24, 2.45) is 28.7 Å². The molecule has 0 radical (unpaired) electrons. The van der Waals surface area contributed by atoms with Crippen LogP contribution in [0.4, 0.5) is 11.4 Å². The van der Waals surface area contributed by atoms with Crippen LogP contribution < -0.4 is 8.80 Å². The van der Waals surface area contributed by atoms with Crippen LogP contribution in [0.1, 0.15) is 70.8 Å². The zero-order valence-corrected chi connectivity index (χ0v) is 20.7. The fourth-order valence-electron chi connectivity index (χ4n) is 5.27. The number of nitrogen functional groups attached to an aromatic ring is 1. The Morgan fingerprint density at radius 1 is 0.967 bits per heavy atom. The van der Waals surface area contributed by atoms with Crippen molar-refractivity contribution in [3.05, 3.63) is 35.9 Å². The molecule has 0 aromatic heterocycles. The number of hydrogen-bond acceptors (Lipinski definition) is 3. The van der Waals surface area contributed by atoms with Crippen molar-refractivity contribution in [3.8, 4) is 5.75 Å². The number of nitrogens with two attached hydrogens (primary N) is 1. The van der Waals surface area contributed by atoms with Gasteiger partial charge < -0.3 is 8.80 Å². The van der Waals surface area contributed by atoms with Crippen molar-refractivity contribution >= 4 is 49.3 Å². The van der Waals surface area contributed by atoms with Gasteiger partial charge in [-0.3, -0.25) is 4.99 Å². The Labute approximate surface area is 193 Å². The molecule has 0 bridgehead atoms. The van der Waals surface area contributed by atoms with Gasteiger partial charge in [-0.05, 0) is 106 Å². The van der Waals surface area contributed by atoms with Crippen LogP contribution in [0.25, 0.3) is 6.08 Å². The first kappa shape index (κ1) is 23.2. The maximum absolute atomic E-state index is 6.31. The lowest BCUT2D eigenvalue weighted by Crippen LogP contribution is -2.25. The van der Waals surface area contributed by atoms with Crippen molar-refractivity contribution in [3.63, 3.8) is 0 Å². The highest BCUT2D eigenvalue weighted by Crippen LogP contribution is 2.42. The highest BCUT2D eigenvalue weighted by Gasteiger charge is 2.29. The first-order valence-corrected chi connectivity index (χ1v) is 13.8. The summed E-state index contributed by atoms with van der Waals surface area (Å²) < 4.78 is 9.48. The molecule has 4 heteroatoms. The maximum atomic E-state index is 6.31. The molecule has 3 nitrogen and oxygen atoms in total. The van der Waals surface area contributed by atoms with Crippen LogP contribution in [0.15, 0.2) is 35.4 Å². The van der Waals surface area contributed by atoms with E-state index in [2.05, 4.69) is 46.8 Å². The Balaban J connectivity index is 1.57. The molecular formula is C26H37IN2O. The predicted octanol–water partition coefficient (Wildman–Crippen LogP) is 7.89. The molecule has 2 aliphatic rings. The summed E-state index contributed by atoms with van der Waals surface area (Å²) in [7, 11) is 0. The Morgan fingerprint density at radius 2 is 1.57 bits per heavy atom. The molecule has 0 atom stereocenters. The van der Waals surface area contributed by atoms with Gasteiger partial charge in [0.15, 0.2) is 5.75 Å². The van der Waals surface area contributed by atoms with Gasteiger partial charge in [0, 0.05) is 11.8 Å². The lowest BCUT2D eigenvalue weighted by atomic mass is 9.69. The van der Waals surface area contributed by atoms with Crippen LogP contribution in [0.2, 0.25) is 0 Å². The second-order valence-corrected chi connectivity index (χ2v) is 9.79. The summed E-state index contributed by atoms with van der Waals surface area (Å²) in [6, 6.07) is 4.02. The van der Waals surface area contributed by atoms with Gasteiger partial charge in [0.25, 0.3) is 0 Å². The fourth-order valence-corrected chi connectivity index (χ4v) is 5.99. The van der Waals surface area contributed by atoms with Gasteiger partial charge in [0.1, 0.15) is 26.8 Å². The topological polar surface area (TPSA) is 47.6 Å². The van der Waals surface area contributed by atoms with E-state index in [9.17, 15) is 0 Å². The predicted molar refractivity (Wildman–Crippen MR) is 141 cm³/mol. The first-order chi connectivity index (χ1) is 14.7. The number of hydrogen-bond donors (Lipinski definition) is 1. The number of benzene rings is 1. The summed E-state index contributed by atoms with van der Waals surface area (Å²) >= 11 is -0.558. The normalized spacial score (nSPS) is 27.9. The monoisotopic (exact) mass is 520 g/mol. The molecule has 164 valence electrons. The van der Waals surface area contributed by atoms with E-state index in [1.54, 1.807) is 6.21 Å². The number of rotatable bonds is 7. The molecular weight excluding hydrogens is 483 g/mol. The van der Waals surface area contributed by atoms with Crippen LogP contribution in [0.5, 0.6) is 5.75 Å². The molecule has 1 aromatic rings. The molecule has 2 N–H and O–H groups in total. The quantitative estimate of drug-likeness (QED) is 0.172. The largest absolute Gasteiger partial charge is 0.434 e. The average molecular weight is 520 g/mol. The van der Waals surface area contributed by atoms with Crippen LogP contribution in [0.3, 0.4) is 0 Å². The molecule has 0 spiro atoms. The molecule has 0 amide bonds. The highest BCUT2D eigenvalue weighted by atomic mass is 127. The second kappa shape index (κ2) is 11.8. The van der Waals surface area contributed by atoms with Crippen LogP contribution in [-0.4, -0.2) is 10.7 Å². The smallest absolute Gasteiger partial charge is 0.157 e. The minimum Gasteiger partial charge on any atom is -0.434 e. The molecule has 0 aliphatic heterocycles. The molecule has 3 rings (SSSR count). The van der Waals surface area contributed by atoms with E-state index in [1.807, 2.05) is 13.0 Å². The Morgan fingerprint density at radius 3 is 2.10 bits per heavy atom. The van der Waals surface area contributed by atoms with E-state index in [-0.39, 0.29) is 0 Å². The van der Waals surface area contributed by atoms with E-state index in [4.69, 9.17) is 8.80 Å². The number of anilines is 1. The molecule has 1 aromatic carbocycles. The van der Waals surface area contributed by atoms with Gasteiger partial charge in [-0.15, -0.1) is 0 Å². The van der Waals surface area contributed by atoms with Gasteiger partial charge in [-0.25, -0.2) is 0 Å². The first-order valence-electron chi connectivity index (χ1n) is 11.4. The molecule has 30 heavy (non-hydrogen) atoms. The standard InChI is InChI=1S/C26H37IN2O/c1-4-6-19-7-12-21(13-8-19)22-14-9-20(10-15-22)11-16-23-17-18-24(30-27-3)25(28)26(23)29-5-2/h4-6,11,16-22H,3,7-10,12-15,28H2,1-2H3/b6-4+,16-11+,29-5?. The summed E-state index contributed by atoms with van der Waals surface area (Å²) in [6.45, 7) is 4.07. The van der Waals surface area contributed by atoms with Crippen molar-refractivity contribution in [2.45, 2.75) is 65.2 Å². The minimum absolute atomic E-state index is 0.558. The number of allylic oxidation sites excluding steroid dienone is 3. The van der Waals surface area contributed by atoms with E-state index < -0.39 is 21.1 Å². The van der Waals surface area contributed by atoms with Crippen LogP contribution in [-0.2, 0) is 0 Å². The Kier molecular flexibility index (Phi) is 9.16. The lowest BCUT2D eigenvalue weighted by Gasteiger charge is -2.36. The van der Waals surface area contributed by atoms with Crippen molar-refractivity contribution in [2.75, 3.05) is 5.73 Å². The SMILES string of the molecule is C=IOc1ccc(/C=C/C2CCC(C3CCC(/C=C/C)CC3)CC2)c(N=CC)c1N. The third-order valence-corrected chi connectivity index (χ3v) is 7.70. The summed E-state index contributed by atoms with van der Waals surface area (Å²) in [6.07, 6.45) is 22.1. The second-order valence-electron chi connectivity index (χ2n) is 8.72. The number of halogens is 1. The molecule has 0 unspecified atom stereocenters. The number of aliphatic imine (C=N–C) groups is 1. The maximum Gasteiger partial charge on any atom is 0.157 e. The number of nitrogens with zero attached hydrogens (tertiary/aromatic N) is 1. The minimum atomic E-state index is -0.558. The Hall–Kier alpha value is -1.43. The third kappa shape index (κ3) is 6.05. The zero-order chi connectivity index (χ0) is 21.3. The van der Waals surface area contributed by atoms with Crippen molar-refractivity contribution in [1.82, 2.24) is 0 Å². The van der Waals surface area contributed by atoms with Crippen molar-refractivity contribution in [1.29, 1.82) is 0 Å². The summed E-state index contributed by atoms with van der Waals surface area (Å²) in [5, 5.41) is 0. The van der Waals surface area contributed by atoms with Gasteiger partial charge in [-0.1, -0.05) is 24.3 Å². The van der Waals surface area contributed by atoms with E-state index >= 15 is 0 Å². The third-order valence-electron chi connectivity index (χ3n) is 6.92. The summed E-state index contributed by atoms with van der Waals surface area (Å²) in [4.78, 5) is 4.51. The van der Waals surface area contributed by atoms with Crippen LogP contribution in [0, 0.1) is 23.7 Å². The van der Waals surface area contributed by atoms with Gasteiger partial charge in [-0.2, -0.15) is 0 Å².